The standard InChI is InChI=1S/C14H15NO3/c1-9-3-4-11(7-10(9)2)14-15-12(8-18-14)5-6-13(16)17/h3-4,7-8H,5-6H2,1-2H3,(H,16,17). The van der Waals surface area contributed by atoms with Crippen molar-refractivity contribution in [1.29, 1.82) is 0 Å². The van der Waals surface area contributed by atoms with E-state index in [1.54, 1.807) is 0 Å². The molecule has 0 aliphatic carbocycles. The number of hydrogen-bond acceptors (Lipinski definition) is 3. The lowest BCUT2D eigenvalue weighted by Gasteiger charge is -2.01. The zero-order valence-corrected chi connectivity index (χ0v) is 10.4. The highest BCUT2D eigenvalue weighted by Crippen LogP contribution is 2.21. The largest absolute Gasteiger partial charge is 0.481 e. The molecule has 0 unspecified atom stereocenters. The molecule has 18 heavy (non-hydrogen) atoms. The van der Waals surface area contributed by atoms with E-state index in [-0.39, 0.29) is 6.42 Å². The summed E-state index contributed by atoms with van der Waals surface area (Å²) in [6.45, 7) is 4.08. The molecule has 1 heterocycles. The van der Waals surface area contributed by atoms with Gasteiger partial charge in [0.1, 0.15) is 6.26 Å². The van der Waals surface area contributed by atoms with Gasteiger partial charge >= 0.3 is 5.97 Å². The van der Waals surface area contributed by atoms with Crippen LogP contribution in [0.1, 0.15) is 23.2 Å². The van der Waals surface area contributed by atoms with Crippen LogP contribution in [0.3, 0.4) is 0 Å². The van der Waals surface area contributed by atoms with Gasteiger partial charge in [-0.2, -0.15) is 0 Å². The fourth-order valence-corrected chi connectivity index (χ4v) is 1.66. The Morgan fingerprint density at radius 2 is 2.11 bits per heavy atom. The fraction of sp³-hybridized carbons (Fsp3) is 0.286. The summed E-state index contributed by atoms with van der Waals surface area (Å²) in [6.07, 6.45) is 1.98. The topological polar surface area (TPSA) is 63.3 Å². The Bertz CT molecular complexity index is 572. The molecule has 1 aromatic heterocycles. The Balaban J connectivity index is 2.18. The summed E-state index contributed by atoms with van der Waals surface area (Å²) in [5.74, 6) is -0.288. The van der Waals surface area contributed by atoms with Crippen LogP contribution in [-0.2, 0) is 11.2 Å². The molecular weight excluding hydrogens is 230 g/mol. The predicted octanol–water partition coefficient (Wildman–Crippen LogP) is 2.98. The van der Waals surface area contributed by atoms with Crippen molar-refractivity contribution in [3.8, 4) is 11.5 Å². The SMILES string of the molecule is Cc1ccc(-c2nc(CCC(=O)O)co2)cc1C. The van der Waals surface area contributed by atoms with Crippen LogP contribution in [0.4, 0.5) is 0 Å². The van der Waals surface area contributed by atoms with Crippen molar-refractivity contribution < 1.29 is 14.3 Å². The molecule has 0 aliphatic heterocycles. The summed E-state index contributed by atoms with van der Waals surface area (Å²) in [4.78, 5) is 14.8. The van der Waals surface area contributed by atoms with E-state index in [0.717, 1.165) is 5.56 Å². The predicted molar refractivity (Wildman–Crippen MR) is 67.4 cm³/mol. The third kappa shape index (κ3) is 2.77. The van der Waals surface area contributed by atoms with Gasteiger partial charge in [0.25, 0.3) is 0 Å². The van der Waals surface area contributed by atoms with E-state index in [9.17, 15) is 4.79 Å². The summed E-state index contributed by atoms with van der Waals surface area (Å²) < 4.78 is 5.37. The van der Waals surface area contributed by atoms with Crippen molar-refractivity contribution in [2.24, 2.45) is 0 Å². The first-order valence-corrected chi connectivity index (χ1v) is 5.80. The van der Waals surface area contributed by atoms with Crippen molar-refractivity contribution in [2.45, 2.75) is 26.7 Å². The molecule has 94 valence electrons. The number of hydrogen-bond donors (Lipinski definition) is 1. The molecule has 4 heteroatoms. The van der Waals surface area contributed by atoms with Crippen LogP contribution in [0.2, 0.25) is 0 Å². The minimum absolute atomic E-state index is 0.0684. The van der Waals surface area contributed by atoms with E-state index in [1.165, 1.54) is 17.4 Å². The number of carboxylic acid groups (broad SMARTS) is 1. The molecule has 4 nitrogen and oxygen atoms in total. The second kappa shape index (κ2) is 5.04. The Morgan fingerprint density at radius 3 is 2.78 bits per heavy atom. The lowest BCUT2D eigenvalue weighted by molar-refractivity contribution is -0.136. The van der Waals surface area contributed by atoms with Crippen LogP contribution in [0.25, 0.3) is 11.5 Å². The molecule has 2 aromatic rings. The number of carbonyl (C=O) groups is 1. The summed E-state index contributed by atoms with van der Waals surface area (Å²) in [5, 5.41) is 8.61. The molecule has 0 saturated carbocycles. The lowest BCUT2D eigenvalue weighted by atomic mass is 10.1. The third-order valence-electron chi connectivity index (χ3n) is 2.90. The van der Waals surface area contributed by atoms with Crippen LogP contribution in [0.5, 0.6) is 0 Å². The monoisotopic (exact) mass is 245 g/mol. The maximum atomic E-state index is 10.5. The van der Waals surface area contributed by atoms with Gasteiger partial charge in [-0.1, -0.05) is 6.07 Å². The molecule has 0 fully saturated rings. The van der Waals surface area contributed by atoms with Crippen molar-refractivity contribution >= 4 is 5.97 Å². The number of nitrogens with zero attached hydrogens (tertiary/aromatic N) is 1. The van der Waals surface area contributed by atoms with Crippen LogP contribution < -0.4 is 0 Å². The second-order valence-electron chi connectivity index (χ2n) is 4.34. The quantitative estimate of drug-likeness (QED) is 0.899. The van der Waals surface area contributed by atoms with Crippen molar-refractivity contribution in [2.75, 3.05) is 0 Å². The van der Waals surface area contributed by atoms with Crippen molar-refractivity contribution in [3.05, 3.63) is 41.3 Å². The molecule has 0 spiro atoms. The van der Waals surface area contributed by atoms with Gasteiger partial charge in [0.05, 0.1) is 12.1 Å². The van der Waals surface area contributed by atoms with E-state index in [1.807, 2.05) is 32.0 Å². The first kappa shape index (κ1) is 12.4. The average Bonchev–Trinajstić information content (AvgIpc) is 2.79. The lowest BCUT2D eigenvalue weighted by Crippen LogP contribution is -1.97. The summed E-state index contributed by atoms with van der Waals surface area (Å²) in [6, 6.07) is 5.99. The number of aliphatic carboxylic acids is 1. The number of carboxylic acids is 1. The Morgan fingerprint density at radius 1 is 1.33 bits per heavy atom. The highest BCUT2D eigenvalue weighted by Gasteiger charge is 2.08. The fourth-order valence-electron chi connectivity index (χ4n) is 1.66. The maximum absolute atomic E-state index is 10.5. The van der Waals surface area contributed by atoms with Gasteiger partial charge in [0, 0.05) is 12.0 Å². The van der Waals surface area contributed by atoms with Crippen LogP contribution in [-0.4, -0.2) is 16.1 Å². The molecule has 0 radical (unpaired) electrons. The van der Waals surface area contributed by atoms with E-state index >= 15 is 0 Å². The number of rotatable bonds is 4. The molecule has 0 bridgehead atoms. The first-order valence-electron chi connectivity index (χ1n) is 5.80. The highest BCUT2D eigenvalue weighted by molar-refractivity contribution is 5.67. The van der Waals surface area contributed by atoms with E-state index in [0.29, 0.717) is 18.0 Å². The molecule has 0 saturated heterocycles. The van der Waals surface area contributed by atoms with Crippen molar-refractivity contribution in [1.82, 2.24) is 4.98 Å². The summed E-state index contributed by atoms with van der Waals surface area (Å²) in [5.41, 5.74) is 3.99. The third-order valence-corrected chi connectivity index (χ3v) is 2.90. The number of benzene rings is 1. The first-order chi connectivity index (χ1) is 8.56. The van der Waals surface area contributed by atoms with Gasteiger partial charge in [-0.15, -0.1) is 0 Å². The van der Waals surface area contributed by atoms with Crippen molar-refractivity contribution in [3.63, 3.8) is 0 Å². The Hall–Kier alpha value is -2.10. The number of aryl methyl sites for hydroxylation is 3. The molecule has 1 aromatic carbocycles. The zero-order chi connectivity index (χ0) is 13.1. The van der Waals surface area contributed by atoms with Gasteiger partial charge in [0.2, 0.25) is 5.89 Å². The molecule has 0 atom stereocenters. The Kier molecular flexibility index (Phi) is 3.46. The molecular formula is C14H15NO3. The highest BCUT2D eigenvalue weighted by atomic mass is 16.4. The minimum Gasteiger partial charge on any atom is -0.481 e. The maximum Gasteiger partial charge on any atom is 0.303 e. The summed E-state index contributed by atoms with van der Waals surface area (Å²) in [7, 11) is 0. The second-order valence-corrected chi connectivity index (χ2v) is 4.34. The average molecular weight is 245 g/mol. The van der Waals surface area contributed by atoms with Crippen LogP contribution in [0.15, 0.2) is 28.9 Å². The smallest absolute Gasteiger partial charge is 0.303 e. The van der Waals surface area contributed by atoms with Gasteiger partial charge in [-0.25, -0.2) is 4.98 Å². The van der Waals surface area contributed by atoms with Gasteiger partial charge in [-0.05, 0) is 37.1 Å². The van der Waals surface area contributed by atoms with E-state index in [2.05, 4.69) is 4.98 Å². The van der Waals surface area contributed by atoms with Gasteiger partial charge in [0.15, 0.2) is 0 Å². The molecule has 1 N–H and O–H groups in total. The van der Waals surface area contributed by atoms with Crippen LogP contribution in [0, 0.1) is 13.8 Å². The van der Waals surface area contributed by atoms with Gasteiger partial charge in [-0.3, -0.25) is 4.79 Å². The molecule has 0 amide bonds. The van der Waals surface area contributed by atoms with E-state index in [4.69, 9.17) is 9.52 Å². The molecule has 2 rings (SSSR count). The minimum atomic E-state index is -0.828. The van der Waals surface area contributed by atoms with Gasteiger partial charge < -0.3 is 9.52 Å². The normalized spacial score (nSPS) is 10.6. The number of oxazole rings is 1. The Labute approximate surface area is 105 Å². The number of aromatic nitrogens is 1. The zero-order valence-electron chi connectivity index (χ0n) is 10.4. The molecule has 0 aliphatic rings. The van der Waals surface area contributed by atoms with Crippen LogP contribution >= 0.6 is 0 Å². The van der Waals surface area contributed by atoms with E-state index < -0.39 is 5.97 Å². The summed E-state index contributed by atoms with van der Waals surface area (Å²) >= 11 is 0.